The van der Waals surface area contributed by atoms with Crippen molar-refractivity contribution in [2.75, 3.05) is 0 Å². The van der Waals surface area contributed by atoms with Gasteiger partial charge in [0.1, 0.15) is 17.2 Å². The molecule has 1 aliphatic rings. The molecule has 1 fully saturated rings. The van der Waals surface area contributed by atoms with E-state index >= 15 is 0 Å². The van der Waals surface area contributed by atoms with Crippen LogP contribution in [0.1, 0.15) is 67.2 Å². The van der Waals surface area contributed by atoms with Gasteiger partial charge in [-0.25, -0.2) is 8.78 Å². The molecule has 0 nitrogen and oxygen atoms in total. The fourth-order valence-electron chi connectivity index (χ4n) is 4.12. The highest BCUT2D eigenvalue weighted by Crippen LogP contribution is 2.36. The summed E-state index contributed by atoms with van der Waals surface area (Å²) in [6, 6.07) is 10.1. The summed E-state index contributed by atoms with van der Waals surface area (Å²) in [7, 11) is 0. The maximum atomic E-state index is 13.6. The molecule has 0 heterocycles. The monoisotopic (exact) mass is 432 g/mol. The van der Waals surface area contributed by atoms with Crippen LogP contribution in [0.5, 0.6) is 0 Å². The molecule has 164 valence electrons. The fraction of sp³-hybridized carbons (Fsp3) is 0.385. The Balaban J connectivity index is 1.55. The van der Waals surface area contributed by atoms with E-state index in [0.29, 0.717) is 24.0 Å². The third-order valence-electron chi connectivity index (χ3n) is 5.76. The minimum Gasteiger partial charge on any atom is -0.206 e. The van der Waals surface area contributed by atoms with Gasteiger partial charge in [-0.1, -0.05) is 55.5 Å². The van der Waals surface area contributed by atoms with Crippen molar-refractivity contribution in [2.24, 2.45) is 5.92 Å². The van der Waals surface area contributed by atoms with E-state index in [0.717, 1.165) is 38.5 Å². The maximum absolute atomic E-state index is 13.6. The van der Waals surface area contributed by atoms with E-state index in [2.05, 4.69) is 43.0 Å². The first-order valence-electron chi connectivity index (χ1n) is 10.6. The molecule has 3 rings (SSSR count). The standard InChI is InChI=1S/C26H25F5/c1-2-5-18-8-12-21(13-9-18)22-14-10-19(11-15-22)6-3-4-7-20-16-23(27)25(24(28)17-20)26(29,30)31/h3,6,8-9,12-13,16-17,19,22H,2,5,10-11,14-15H2,1H3/b6-3+/t19-,22-. The van der Waals surface area contributed by atoms with Crippen molar-refractivity contribution < 1.29 is 22.0 Å². The van der Waals surface area contributed by atoms with Crippen LogP contribution in [0.25, 0.3) is 0 Å². The second kappa shape index (κ2) is 10.1. The first kappa shape index (κ1) is 23.1. The molecule has 1 aliphatic carbocycles. The number of alkyl halides is 3. The zero-order valence-electron chi connectivity index (χ0n) is 17.4. The van der Waals surface area contributed by atoms with E-state index in [1.54, 1.807) is 6.08 Å². The third-order valence-corrected chi connectivity index (χ3v) is 5.76. The minimum absolute atomic E-state index is 0.122. The lowest BCUT2D eigenvalue weighted by Crippen LogP contribution is -2.11. The Hall–Kier alpha value is -2.61. The summed E-state index contributed by atoms with van der Waals surface area (Å²) >= 11 is 0. The Morgan fingerprint density at radius 1 is 0.968 bits per heavy atom. The Morgan fingerprint density at radius 2 is 1.58 bits per heavy atom. The number of rotatable bonds is 4. The van der Waals surface area contributed by atoms with Crippen LogP contribution >= 0.6 is 0 Å². The molecule has 0 spiro atoms. The van der Waals surface area contributed by atoms with Gasteiger partial charge in [-0.3, -0.25) is 0 Å². The lowest BCUT2D eigenvalue weighted by Gasteiger charge is -2.27. The summed E-state index contributed by atoms with van der Waals surface area (Å²) in [6.07, 6.45) is 5.01. The van der Waals surface area contributed by atoms with Gasteiger partial charge >= 0.3 is 6.18 Å². The summed E-state index contributed by atoms with van der Waals surface area (Å²) in [4.78, 5) is 0. The molecule has 0 aliphatic heterocycles. The van der Waals surface area contributed by atoms with Crippen LogP contribution in [-0.4, -0.2) is 0 Å². The van der Waals surface area contributed by atoms with Crippen molar-refractivity contribution in [3.8, 4) is 11.8 Å². The summed E-state index contributed by atoms with van der Waals surface area (Å²) < 4.78 is 65.0. The van der Waals surface area contributed by atoms with Crippen molar-refractivity contribution >= 4 is 0 Å². The fourth-order valence-corrected chi connectivity index (χ4v) is 4.12. The first-order valence-corrected chi connectivity index (χ1v) is 10.6. The van der Waals surface area contributed by atoms with E-state index in [1.807, 2.05) is 6.08 Å². The molecule has 31 heavy (non-hydrogen) atoms. The van der Waals surface area contributed by atoms with Crippen LogP contribution in [0.3, 0.4) is 0 Å². The molecule has 0 N–H and O–H groups in total. The van der Waals surface area contributed by atoms with Gasteiger partial charge in [0.25, 0.3) is 0 Å². The largest absolute Gasteiger partial charge is 0.422 e. The molecule has 2 aromatic carbocycles. The quantitative estimate of drug-likeness (QED) is 0.341. The van der Waals surface area contributed by atoms with Gasteiger partial charge in [-0.15, -0.1) is 0 Å². The second-order valence-electron chi connectivity index (χ2n) is 8.04. The molecule has 0 amide bonds. The average Bonchev–Trinajstić information content (AvgIpc) is 2.71. The number of aryl methyl sites for hydroxylation is 1. The second-order valence-corrected chi connectivity index (χ2v) is 8.04. The van der Waals surface area contributed by atoms with Gasteiger partial charge in [-0.2, -0.15) is 13.2 Å². The number of allylic oxidation sites excluding steroid dienone is 2. The highest BCUT2D eigenvalue weighted by molar-refractivity contribution is 5.40. The van der Waals surface area contributed by atoms with Crippen molar-refractivity contribution in [3.05, 3.63) is 82.4 Å². The average molecular weight is 432 g/mol. The van der Waals surface area contributed by atoms with Gasteiger partial charge in [0, 0.05) is 5.56 Å². The molecule has 0 bridgehead atoms. The van der Waals surface area contributed by atoms with E-state index in [1.165, 1.54) is 11.1 Å². The molecule has 0 radical (unpaired) electrons. The predicted octanol–water partition coefficient (Wildman–Crippen LogP) is 7.82. The SMILES string of the molecule is CCCc1ccc([C@H]2CC[C@H](/C=C/C#Cc3cc(F)c(C(F)(F)F)c(F)c3)CC2)cc1. The highest BCUT2D eigenvalue weighted by Gasteiger charge is 2.37. The van der Waals surface area contributed by atoms with Crippen LogP contribution in [0.2, 0.25) is 0 Å². The Kier molecular flexibility index (Phi) is 7.54. The van der Waals surface area contributed by atoms with Crippen LogP contribution in [0.4, 0.5) is 22.0 Å². The van der Waals surface area contributed by atoms with Crippen LogP contribution in [0, 0.1) is 29.4 Å². The van der Waals surface area contributed by atoms with E-state index in [9.17, 15) is 22.0 Å². The maximum Gasteiger partial charge on any atom is 0.422 e. The van der Waals surface area contributed by atoms with Crippen molar-refractivity contribution in [3.63, 3.8) is 0 Å². The highest BCUT2D eigenvalue weighted by atomic mass is 19.4. The summed E-state index contributed by atoms with van der Waals surface area (Å²) in [5.41, 5.74) is 0.746. The Morgan fingerprint density at radius 3 is 2.13 bits per heavy atom. The number of halogens is 5. The number of hydrogen-bond acceptors (Lipinski definition) is 0. The summed E-state index contributed by atoms with van der Waals surface area (Å²) in [5.74, 6) is 2.83. The molecular weight excluding hydrogens is 407 g/mol. The van der Waals surface area contributed by atoms with Gasteiger partial charge in [0.15, 0.2) is 0 Å². The number of hydrogen-bond donors (Lipinski definition) is 0. The van der Waals surface area contributed by atoms with Gasteiger partial charge in [0.2, 0.25) is 0 Å². The van der Waals surface area contributed by atoms with Crippen molar-refractivity contribution in [2.45, 2.75) is 57.5 Å². The molecule has 1 saturated carbocycles. The zero-order valence-corrected chi connectivity index (χ0v) is 17.4. The van der Waals surface area contributed by atoms with Crippen LogP contribution < -0.4 is 0 Å². The third kappa shape index (κ3) is 6.19. The molecule has 0 atom stereocenters. The zero-order chi connectivity index (χ0) is 22.4. The lowest BCUT2D eigenvalue weighted by molar-refractivity contribution is -0.142. The molecule has 5 heteroatoms. The predicted molar refractivity (Wildman–Crippen MR) is 113 cm³/mol. The molecule has 2 aromatic rings. The van der Waals surface area contributed by atoms with E-state index in [4.69, 9.17) is 0 Å². The Bertz CT molecular complexity index is 943. The molecule has 0 unspecified atom stereocenters. The van der Waals surface area contributed by atoms with Crippen LogP contribution in [0.15, 0.2) is 48.6 Å². The van der Waals surface area contributed by atoms with Crippen molar-refractivity contribution in [1.29, 1.82) is 0 Å². The number of benzene rings is 2. The normalized spacial score (nSPS) is 19.3. The lowest BCUT2D eigenvalue weighted by atomic mass is 9.78. The van der Waals surface area contributed by atoms with Gasteiger partial charge < -0.3 is 0 Å². The van der Waals surface area contributed by atoms with Crippen molar-refractivity contribution in [1.82, 2.24) is 0 Å². The van der Waals surface area contributed by atoms with E-state index < -0.39 is 23.4 Å². The van der Waals surface area contributed by atoms with Crippen LogP contribution in [-0.2, 0) is 12.6 Å². The first-order chi connectivity index (χ1) is 14.8. The summed E-state index contributed by atoms with van der Waals surface area (Å²) in [6.45, 7) is 2.17. The van der Waals surface area contributed by atoms with E-state index in [-0.39, 0.29) is 5.56 Å². The molecular formula is C26H25F5. The topological polar surface area (TPSA) is 0 Å². The molecule has 0 saturated heterocycles. The van der Waals surface area contributed by atoms with Gasteiger partial charge in [0.05, 0.1) is 0 Å². The smallest absolute Gasteiger partial charge is 0.206 e. The Labute approximate surface area is 180 Å². The minimum atomic E-state index is -5.07. The summed E-state index contributed by atoms with van der Waals surface area (Å²) in [5, 5.41) is 0. The molecule has 0 aromatic heterocycles. The van der Waals surface area contributed by atoms with Gasteiger partial charge in [-0.05, 0) is 73.3 Å².